The van der Waals surface area contributed by atoms with Crippen molar-refractivity contribution >= 4 is 79.8 Å². The Hall–Kier alpha value is -1.10. The van der Waals surface area contributed by atoms with Crippen LogP contribution in [0.4, 0.5) is 17.1 Å². The average Bonchev–Trinajstić information content (AvgIpc) is 2.62. The molecule has 0 aliphatic carbocycles. The van der Waals surface area contributed by atoms with E-state index in [9.17, 15) is 15.2 Å². The zero-order valence-corrected chi connectivity index (χ0v) is 18.5. The number of quaternary nitrogens is 2. The van der Waals surface area contributed by atoms with E-state index in [2.05, 4.69) is 26.2 Å². The van der Waals surface area contributed by atoms with Crippen molar-refractivity contribution in [1.29, 1.82) is 0 Å². The summed E-state index contributed by atoms with van der Waals surface area (Å²) in [5.41, 5.74) is -0.0422. The zero-order chi connectivity index (χ0) is 19.3. The second kappa shape index (κ2) is 11.0. The Morgan fingerprint density at radius 3 is 2.07 bits per heavy atom. The molecule has 0 saturated carbocycles. The Bertz CT molecular complexity index is 794. The number of amidine groups is 1. The van der Waals surface area contributed by atoms with Crippen molar-refractivity contribution < 1.29 is 25.7 Å². The number of thioether (sulfide) groups is 1. The van der Waals surface area contributed by atoms with Crippen LogP contribution in [0.1, 0.15) is 10.4 Å². The van der Waals surface area contributed by atoms with Gasteiger partial charge in [0.2, 0.25) is 0 Å². The van der Waals surface area contributed by atoms with Gasteiger partial charge in [0.1, 0.15) is 0 Å². The first-order valence-electron chi connectivity index (χ1n) is 7.11. The molecule has 146 valence electrons. The minimum atomic E-state index is -1.32. The molecule has 12 heteroatoms. The number of hydrogen-bond donors (Lipinski definition) is 5. The Kier molecular flexibility index (Phi) is 9.78. The maximum absolute atomic E-state index is 12.4. The molecule has 0 bridgehead atoms. The second-order valence-electron chi connectivity index (χ2n) is 4.96. The van der Waals surface area contributed by atoms with Gasteiger partial charge in [-0.1, -0.05) is 27.7 Å². The first-order chi connectivity index (χ1) is 12.3. The lowest BCUT2D eigenvalue weighted by Gasteiger charge is -2.17. The third-order valence-electron chi connectivity index (χ3n) is 3.16. The van der Waals surface area contributed by atoms with Crippen LogP contribution in [-0.2, 0) is 0 Å². The number of nitrogens with one attached hydrogen (secondary N) is 3. The van der Waals surface area contributed by atoms with Crippen LogP contribution >= 0.6 is 51.7 Å². The van der Waals surface area contributed by atoms with Gasteiger partial charge in [-0.3, -0.25) is 4.79 Å². The molecule has 0 radical (unpaired) electrons. The van der Waals surface area contributed by atoms with Gasteiger partial charge in [-0.2, -0.15) is 10.5 Å². The molecule has 2 atom stereocenters. The van der Waals surface area contributed by atoms with Gasteiger partial charge in [0.05, 0.1) is 17.3 Å². The summed E-state index contributed by atoms with van der Waals surface area (Å²) in [5, 5.41) is 40.7. The molecule has 2 rings (SSSR count). The number of benzene rings is 2. The van der Waals surface area contributed by atoms with Crippen molar-refractivity contribution in [2.75, 3.05) is 6.26 Å². The predicted molar refractivity (Wildman–Crippen MR) is 116 cm³/mol. The van der Waals surface area contributed by atoms with Gasteiger partial charge < -0.3 is 15.7 Å². The lowest BCUT2D eigenvalue weighted by molar-refractivity contribution is -0.996. The van der Waals surface area contributed by atoms with Gasteiger partial charge in [-0.05, 0) is 30.5 Å². The molecule has 5 N–H and O–H groups in total. The lowest BCUT2D eigenvalue weighted by atomic mass is 10.1. The van der Waals surface area contributed by atoms with Crippen LogP contribution in [-0.4, -0.2) is 27.7 Å². The summed E-state index contributed by atoms with van der Waals surface area (Å²) >= 11 is 4.50. The van der Waals surface area contributed by atoms with Crippen LogP contribution in [0.3, 0.4) is 0 Å². The third kappa shape index (κ3) is 7.10. The predicted octanol–water partition coefficient (Wildman–Crippen LogP) is 1.65. The number of nitrogens with zero attached hydrogens (tertiary/aromatic N) is 1. The molecule has 0 saturated heterocycles. The second-order valence-corrected chi connectivity index (χ2v) is 6.67. The normalized spacial score (nSPS) is 13.5. The maximum atomic E-state index is 12.4. The highest BCUT2D eigenvalue weighted by Crippen LogP contribution is 2.18. The number of hydrogen-bond acceptors (Lipinski definition) is 7. The van der Waals surface area contributed by atoms with Gasteiger partial charge in [0.15, 0.2) is 16.5 Å². The van der Waals surface area contributed by atoms with E-state index in [0.717, 1.165) is 22.7 Å². The van der Waals surface area contributed by atoms with E-state index >= 15 is 0 Å². The fraction of sp³-hybridized carbons (Fsp3) is 0.0667. The molecular weight excluding hydrogens is 555 g/mol. The summed E-state index contributed by atoms with van der Waals surface area (Å²) in [7, 11) is 0. The van der Waals surface area contributed by atoms with Crippen LogP contribution in [0.25, 0.3) is 0 Å². The fourth-order valence-corrected chi connectivity index (χ4v) is 2.59. The van der Waals surface area contributed by atoms with E-state index in [4.69, 9.17) is 10.4 Å². The van der Waals surface area contributed by atoms with Gasteiger partial charge >= 0.3 is 0 Å². The van der Waals surface area contributed by atoms with Crippen molar-refractivity contribution in [2.24, 2.45) is 4.99 Å². The monoisotopic (exact) mass is 570 g/mol. The minimum absolute atomic E-state index is 0. The summed E-state index contributed by atoms with van der Waals surface area (Å²) in [4.78, 5) is 16.7. The van der Waals surface area contributed by atoms with E-state index in [1.54, 1.807) is 30.5 Å². The molecule has 1 amide bonds. The van der Waals surface area contributed by atoms with Crippen LogP contribution < -0.4 is 15.8 Å². The highest BCUT2D eigenvalue weighted by molar-refractivity contribution is 14.0. The van der Waals surface area contributed by atoms with Gasteiger partial charge in [-0.15, -0.1) is 24.0 Å². The third-order valence-corrected chi connectivity index (χ3v) is 4.27. The van der Waals surface area contributed by atoms with Gasteiger partial charge in [-0.25, -0.2) is 15.4 Å². The molecule has 0 aliphatic rings. The van der Waals surface area contributed by atoms with E-state index in [1.165, 1.54) is 11.8 Å². The molecule has 9 nitrogen and oxygen atoms in total. The SMILES string of the molecule is CSC(=Nc1ccc(Br)cc1)NC(=O)c1cc([NH+]([O-])O)cc([NH+]([O-])O)c1.I. The summed E-state index contributed by atoms with van der Waals surface area (Å²) in [6.07, 6.45) is 1.72. The van der Waals surface area contributed by atoms with Crippen LogP contribution in [0.15, 0.2) is 51.9 Å². The Morgan fingerprint density at radius 1 is 1.11 bits per heavy atom. The highest BCUT2D eigenvalue weighted by Gasteiger charge is 2.16. The zero-order valence-electron chi connectivity index (χ0n) is 13.8. The Morgan fingerprint density at radius 2 is 1.63 bits per heavy atom. The van der Waals surface area contributed by atoms with Crippen molar-refractivity contribution in [2.45, 2.75) is 0 Å². The van der Waals surface area contributed by atoms with Gasteiger partial charge in [0.25, 0.3) is 5.91 Å². The summed E-state index contributed by atoms with van der Waals surface area (Å²) < 4.78 is 0.887. The highest BCUT2D eigenvalue weighted by atomic mass is 127. The number of rotatable bonds is 4. The minimum Gasteiger partial charge on any atom is -0.595 e. The number of amides is 1. The molecule has 0 heterocycles. The Labute approximate surface area is 184 Å². The number of halogens is 2. The average molecular weight is 571 g/mol. The van der Waals surface area contributed by atoms with Crippen molar-refractivity contribution in [1.82, 2.24) is 5.32 Å². The fourth-order valence-electron chi connectivity index (χ4n) is 1.93. The van der Waals surface area contributed by atoms with Crippen molar-refractivity contribution in [3.8, 4) is 0 Å². The molecule has 0 aliphatic heterocycles. The van der Waals surface area contributed by atoms with Crippen molar-refractivity contribution in [3.63, 3.8) is 0 Å². The topological polar surface area (TPSA) is 137 Å². The summed E-state index contributed by atoms with van der Waals surface area (Å²) in [6, 6.07) is 10.3. The number of carbonyl (C=O) groups is 1. The largest absolute Gasteiger partial charge is 0.595 e. The van der Waals surface area contributed by atoms with Gasteiger partial charge in [0, 0.05) is 16.6 Å². The molecule has 0 spiro atoms. The lowest BCUT2D eigenvalue weighted by Crippen LogP contribution is -3.00. The summed E-state index contributed by atoms with van der Waals surface area (Å²) in [5.74, 6) is -0.652. The standard InChI is InChI=1S/C15H15BrN4O5S.HI/c1-26-15(17-11-4-2-10(16)3-5-11)18-14(21)9-6-12(19(22)23)8-13(7-9)20(24)25;/h2-8,19-20,22,24H,1H3,(H,17,18,21);1H. The molecular formula is C15H16BrIN4O5S. The first-order valence-corrected chi connectivity index (χ1v) is 9.13. The maximum Gasteiger partial charge on any atom is 0.257 e. The number of aliphatic imine (C=N–C) groups is 1. The van der Waals surface area contributed by atoms with E-state index in [-0.39, 0.29) is 46.1 Å². The quantitative estimate of drug-likeness (QED) is 0.164. The molecule has 27 heavy (non-hydrogen) atoms. The van der Waals surface area contributed by atoms with Crippen LogP contribution in [0.5, 0.6) is 0 Å². The van der Waals surface area contributed by atoms with E-state index in [0.29, 0.717) is 5.69 Å². The molecule has 2 aromatic carbocycles. The molecule has 0 fully saturated rings. The van der Waals surface area contributed by atoms with E-state index < -0.39 is 16.4 Å². The Balaban J connectivity index is 0.00000364. The summed E-state index contributed by atoms with van der Waals surface area (Å²) in [6.45, 7) is 0. The van der Waals surface area contributed by atoms with Crippen LogP contribution in [0.2, 0.25) is 0 Å². The number of carbonyl (C=O) groups excluding carboxylic acids is 1. The van der Waals surface area contributed by atoms with Crippen molar-refractivity contribution in [3.05, 3.63) is 62.9 Å². The van der Waals surface area contributed by atoms with Crippen LogP contribution in [0, 0.1) is 10.4 Å². The first kappa shape index (κ1) is 23.9. The smallest absolute Gasteiger partial charge is 0.257 e. The van der Waals surface area contributed by atoms with E-state index in [1.807, 2.05) is 0 Å². The molecule has 0 aromatic heterocycles. The molecule has 2 unspecified atom stereocenters. The molecule has 2 aromatic rings.